The van der Waals surface area contributed by atoms with Gasteiger partial charge in [0.2, 0.25) is 0 Å². The van der Waals surface area contributed by atoms with Crippen LogP contribution in [-0.2, 0) is 22.9 Å². The van der Waals surface area contributed by atoms with Crippen molar-refractivity contribution in [1.82, 2.24) is 15.0 Å². The molecule has 0 radical (unpaired) electrons. The van der Waals surface area contributed by atoms with Crippen molar-refractivity contribution in [1.29, 1.82) is 0 Å². The summed E-state index contributed by atoms with van der Waals surface area (Å²) in [5, 5.41) is 17.2. The second-order valence-electron chi connectivity index (χ2n) is 3.31. The molecule has 1 heterocycles. The number of aliphatic hydroxyl groups is 1. The zero-order valence-corrected chi connectivity index (χ0v) is 9.09. The van der Waals surface area contributed by atoms with Gasteiger partial charge in [0.1, 0.15) is 0 Å². The summed E-state index contributed by atoms with van der Waals surface area (Å²) in [7, 11) is 3.40. The molecule has 6 heteroatoms. The summed E-state index contributed by atoms with van der Waals surface area (Å²) < 4.78 is 11.6. The maximum atomic E-state index is 9.57. The van der Waals surface area contributed by atoms with Gasteiger partial charge in [-0.25, -0.2) is 0 Å². The van der Waals surface area contributed by atoms with Crippen LogP contribution in [0.3, 0.4) is 0 Å². The maximum Gasteiger partial charge on any atom is 0.0853 e. The monoisotopic (exact) mass is 215 g/mol. The van der Waals surface area contributed by atoms with E-state index in [1.165, 1.54) is 0 Å². The molecule has 0 bridgehead atoms. The van der Waals surface area contributed by atoms with Crippen molar-refractivity contribution in [3.8, 4) is 0 Å². The lowest BCUT2D eigenvalue weighted by Crippen LogP contribution is -2.19. The average molecular weight is 215 g/mol. The van der Waals surface area contributed by atoms with E-state index in [9.17, 15) is 5.11 Å². The first-order chi connectivity index (χ1) is 7.22. The van der Waals surface area contributed by atoms with Gasteiger partial charge in [0.25, 0.3) is 0 Å². The summed E-state index contributed by atoms with van der Waals surface area (Å²) in [4.78, 5) is 0. The zero-order valence-electron chi connectivity index (χ0n) is 9.09. The summed E-state index contributed by atoms with van der Waals surface area (Å²) in [6.45, 7) is 1.33. The Morgan fingerprint density at radius 3 is 2.93 bits per heavy atom. The molecule has 1 atom stereocenters. The Hall–Kier alpha value is -0.980. The second kappa shape index (κ2) is 6.49. The molecule has 1 N–H and O–H groups in total. The topological polar surface area (TPSA) is 69.4 Å². The van der Waals surface area contributed by atoms with Crippen molar-refractivity contribution >= 4 is 0 Å². The Kier molecular flexibility index (Phi) is 5.23. The van der Waals surface area contributed by atoms with Gasteiger partial charge in [0, 0.05) is 26.8 Å². The average Bonchev–Trinajstić information content (AvgIpc) is 2.59. The molecule has 0 fully saturated rings. The van der Waals surface area contributed by atoms with E-state index in [0.29, 0.717) is 26.2 Å². The van der Waals surface area contributed by atoms with Crippen molar-refractivity contribution in [2.24, 2.45) is 7.05 Å². The highest BCUT2D eigenvalue weighted by molar-refractivity contribution is 4.93. The highest BCUT2D eigenvalue weighted by atomic mass is 16.5. The third-order valence-electron chi connectivity index (χ3n) is 1.84. The van der Waals surface area contributed by atoms with E-state index in [2.05, 4.69) is 10.3 Å². The van der Waals surface area contributed by atoms with Crippen molar-refractivity contribution in [2.75, 3.05) is 26.9 Å². The van der Waals surface area contributed by atoms with Crippen LogP contribution in [0.15, 0.2) is 6.20 Å². The first kappa shape index (κ1) is 12.1. The third-order valence-corrected chi connectivity index (χ3v) is 1.84. The maximum absolute atomic E-state index is 9.57. The van der Waals surface area contributed by atoms with E-state index >= 15 is 0 Å². The minimum absolute atomic E-state index is 0.292. The molecule has 1 unspecified atom stereocenters. The number of ether oxygens (including phenoxy) is 2. The molecule has 0 spiro atoms. The van der Waals surface area contributed by atoms with Crippen molar-refractivity contribution in [3.05, 3.63) is 11.9 Å². The fraction of sp³-hybridized carbons (Fsp3) is 0.778. The molecule has 0 saturated carbocycles. The van der Waals surface area contributed by atoms with Crippen LogP contribution in [0.5, 0.6) is 0 Å². The number of aliphatic hydroxyl groups excluding tert-OH is 1. The molecule has 15 heavy (non-hydrogen) atoms. The van der Waals surface area contributed by atoms with E-state index in [1.54, 1.807) is 25.0 Å². The smallest absolute Gasteiger partial charge is 0.0853 e. The Morgan fingerprint density at radius 1 is 1.53 bits per heavy atom. The lowest BCUT2D eigenvalue weighted by molar-refractivity contribution is 0.0134. The van der Waals surface area contributed by atoms with Gasteiger partial charge in [0.05, 0.1) is 31.6 Å². The quantitative estimate of drug-likeness (QED) is 0.614. The Labute approximate surface area is 88.8 Å². The third kappa shape index (κ3) is 4.87. The Bertz CT molecular complexity index is 277. The number of hydrogen-bond donors (Lipinski definition) is 1. The van der Waals surface area contributed by atoms with Crippen molar-refractivity contribution in [2.45, 2.75) is 12.5 Å². The van der Waals surface area contributed by atoms with Crippen molar-refractivity contribution in [3.63, 3.8) is 0 Å². The lowest BCUT2D eigenvalue weighted by Gasteiger charge is -2.08. The van der Waals surface area contributed by atoms with E-state index in [-0.39, 0.29) is 0 Å². The minimum Gasteiger partial charge on any atom is -0.390 e. The Balaban J connectivity index is 2.15. The molecular formula is C9H17N3O3. The normalized spacial score (nSPS) is 13.0. The van der Waals surface area contributed by atoms with Gasteiger partial charge in [-0.05, 0) is 0 Å². The number of aromatic nitrogens is 3. The summed E-state index contributed by atoms with van der Waals surface area (Å²) >= 11 is 0. The molecule has 0 aliphatic heterocycles. The van der Waals surface area contributed by atoms with E-state index in [1.807, 2.05) is 0 Å². The van der Waals surface area contributed by atoms with E-state index < -0.39 is 6.10 Å². The predicted molar refractivity (Wildman–Crippen MR) is 53.4 cm³/mol. The van der Waals surface area contributed by atoms with Gasteiger partial charge < -0.3 is 14.6 Å². The molecule has 0 saturated heterocycles. The van der Waals surface area contributed by atoms with Crippen LogP contribution >= 0.6 is 0 Å². The first-order valence-electron chi connectivity index (χ1n) is 4.82. The standard InChI is InChI=1S/C9H17N3O3/c1-12-6-8(10-11-12)5-9(13)7-15-4-3-14-2/h6,9,13H,3-5,7H2,1-2H3. The largest absolute Gasteiger partial charge is 0.390 e. The van der Waals surface area contributed by atoms with Gasteiger partial charge in [-0.2, -0.15) is 0 Å². The van der Waals surface area contributed by atoms with Crippen LogP contribution in [0, 0.1) is 0 Å². The molecule has 0 aliphatic rings. The van der Waals surface area contributed by atoms with Crippen LogP contribution in [-0.4, -0.2) is 53.1 Å². The number of nitrogens with zero attached hydrogens (tertiary/aromatic N) is 3. The second-order valence-corrected chi connectivity index (χ2v) is 3.31. The SMILES string of the molecule is COCCOCC(O)Cc1cn(C)nn1. The molecule has 0 aromatic carbocycles. The van der Waals surface area contributed by atoms with Gasteiger partial charge >= 0.3 is 0 Å². The number of methoxy groups -OCH3 is 1. The van der Waals surface area contributed by atoms with Gasteiger partial charge in [-0.1, -0.05) is 5.21 Å². The molecule has 6 nitrogen and oxygen atoms in total. The number of aryl methyl sites for hydroxylation is 1. The first-order valence-corrected chi connectivity index (χ1v) is 4.82. The zero-order chi connectivity index (χ0) is 11.1. The van der Waals surface area contributed by atoms with E-state index in [4.69, 9.17) is 9.47 Å². The summed E-state index contributed by atoms with van der Waals surface area (Å²) in [6, 6.07) is 0. The van der Waals surface area contributed by atoms with Crippen LogP contribution in [0.4, 0.5) is 0 Å². The molecular weight excluding hydrogens is 198 g/mol. The molecule has 1 aromatic heterocycles. The van der Waals surface area contributed by atoms with Crippen LogP contribution in [0.1, 0.15) is 5.69 Å². The molecule has 0 aliphatic carbocycles. The minimum atomic E-state index is -0.543. The fourth-order valence-electron chi connectivity index (χ4n) is 1.15. The summed E-state index contributed by atoms with van der Waals surface area (Å²) in [5.74, 6) is 0. The van der Waals surface area contributed by atoms with Gasteiger partial charge in [-0.3, -0.25) is 4.68 Å². The van der Waals surface area contributed by atoms with Crippen LogP contribution in [0.2, 0.25) is 0 Å². The molecule has 86 valence electrons. The highest BCUT2D eigenvalue weighted by Crippen LogP contribution is 1.98. The highest BCUT2D eigenvalue weighted by Gasteiger charge is 2.08. The van der Waals surface area contributed by atoms with Crippen LogP contribution < -0.4 is 0 Å². The summed E-state index contributed by atoms with van der Waals surface area (Å²) in [5.41, 5.74) is 0.764. The summed E-state index contributed by atoms with van der Waals surface area (Å²) in [6.07, 6.45) is 1.69. The van der Waals surface area contributed by atoms with E-state index in [0.717, 1.165) is 5.69 Å². The lowest BCUT2D eigenvalue weighted by atomic mass is 10.2. The van der Waals surface area contributed by atoms with Gasteiger partial charge in [-0.15, -0.1) is 5.10 Å². The molecule has 1 aromatic rings. The Morgan fingerprint density at radius 2 is 2.33 bits per heavy atom. The molecule has 0 amide bonds. The van der Waals surface area contributed by atoms with Crippen LogP contribution in [0.25, 0.3) is 0 Å². The van der Waals surface area contributed by atoms with Crippen molar-refractivity contribution < 1.29 is 14.6 Å². The molecule has 1 rings (SSSR count). The number of hydrogen-bond acceptors (Lipinski definition) is 5. The predicted octanol–water partition coefficient (Wildman–Crippen LogP) is -0.619. The van der Waals surface area contributed by atoms with Gasteiger partial charge in [0.15, 0.2) is 0 Å². The number of rotatable bonds is 7. The fourth-order valence-corrected chi connectivity index (χ4v) is 1.15.